The van der Waals surface area contributed by atoms with Gasteiger partial charge in [0.05, 0.1) is 28.4 Å². The molecule has 0 spiro atoms. The SMILES string of the molecule is COCc1nnc(-c2cccnc2)n1-c1c(Cl)c(Cl)cc2nc(C=O)c(OC)nc12. The third-order valence-corrected chi connectivity index (χ3v) is 5.05. The quantitative estimate of drug-likeness (QED) is 0.415. The van der Waals surface area contributed by atoms with Gasteiger partial charge in [-0.2, -0.15) is 0 Å². The number of benzene rings is 1. The summed E-state index contributed by atoms with van der Waals surface area (Å²) < 4.78 is 12.2. The zero-order chi connectivity index (χ0) is 21.3. The van der Waals surface area contributed by atoms with Gasteiger partial charge in [-0.3, -0.25) is 14.3 Å². The van der Waals surface area contributed by atoms with Crippen molar-refractivity contribution in [2.75, 3.05) is 14.2 Å². The molecule has 0 N–H and O–H groups in total. The molecule has 4 aromatic rings. The van der Waals surface area contributed by atoms with Crippen LogP contribution in [-0.4, -0.2) is 50.2 Å². The summed E-state index contributed by atoms with van der Waals surface area (Å²) in [6, 6.07) is 5.15. The fourth-order valence-electron chi connectivity index (χ4n) is 3.01. The van der Waals surface area contributed by atoms with E-state index in [0.717, 1.165) is 0 Å². The lowest BCUT2D eigenvalue weighted by molar-refractivity contribution is 0.111. The number of nitrogens with zero attached hydrogens (tertiary/aromatic N) is 6. The van der Waals surface area contributed by atoms with E-state index in [1.807, 2.05) is 6.07 Å². The van der Waals surface area contributed by atoms with E-state index in [1.165, 1.54) is 13.2 Å². The number of hydrogen-bond acceptors (Lipinski definition) is 8. The first-order valence-electron chi connectivity index (χ1n) is 8.62. The second kappa shape index (κ2) is 8.31. The summed E-state index contributed by atoms with van der Waals surface area (Å²) in [6.07, 6.45) is 3.86. The van der Waals surface area contributed by atoms with Gasteiger partial charge in [-0.25, -0.2) is 9.97 Å². The van der Waals surface area contributed by atoms with Gasteiger partial charge in [-0.1, -0.05) is 23.2 Å². The maximum Gasteiger partial charge on any atom is 0.243 e. The van der Waals surface area contributed by atoms with Crippen LogP contribution < -0.4 is 4.74 Å². The molecule has 3 aromatic heterocycles. The van der Waals surface area contributed by atoms with Gasteiger partial charge in [0.2, 0.25) is 5.88 Å². The molecule has 3 heterocycles. The lowest BCUT2D eigenvalue weighted by Gasteiger charge is -2.16. The van der Waals surface area contributed by atoms with Crippen LogP contribution in [0.15, 0.2) is 30.6 Å². The Morgan fingerprint density at radius 3 is 2.70 bits per heavy atom. The molecule has 0 saturated carbocycles. The molecule has 1 aromatic carbocycles. The molecule has 0 bridgehead atoms. The molecule has 0 aliphatic carbocycles. The maximum atomic E-state index is 11.4. The molecular formula is C19H14Cl2N6O3. The highest BCUT2D eigenvalue weighted by atomic mass is 35.5. The normalized spacial score (nSPS) is 11.1. The molecule has 0 saturated heterocycles. The lowest BCUT2D eigenvalue weighted by atomic mass is 10.2. The van der Waals surface area contributed by atoms with E-state index >= 15 is 0 Å². The molecule has 0 fully saturated rings. The van der Waals surface area contributed by atoms with Crippen molar-refractivity contribution in [3.8, 4) is 23.0 Å². The monoisotopic (exact) mass is 444 g/mol. The Balaban J connectivity index is 2.12. The van der Waals surface area contributed by atoms with Crippen molar-refractivity contribution in [3.63, 3.8) is 0 Å². The van der Waals surface area contributed by atoms with Gasteiger partial charge in [0.15, 0.2) is 23.6 Å². The van der Waals surface area contributed by atoms with Crippen molar-refractivity contribution < 1.29 is 14.3 Å². The number of fused-ring (bicyclic) bond motifs is 1. The number of ether oxygens (including phenoxy) is 2. The first-order valence-corrected chi connectivity index (χ1v) is 9.37. The van der Waals surface area contributed by atoms with Crippen molar-refractivity contribution in [1.29, 1.82) is 0 Å². The molecule has 9 nitrogen and oxygen atoms in total. The van der Waals surface area contributed by atoms with Crippen LogP contribution in [0.25, 0.3) is 28.1 Å². The fourth-order valence-corrected chi connectivity index (χ4v) is 3.43. The van der Waals surface area contributed by atoms with Crippen LogP contribution >= 0.6 is 23.2 Å². The Kier molecular flexibility index (Phi) is 5.58. The van der Waals surface area contributed by atoms with Crippen molar-refractivity contribution in [2.45, 2.75) is 6.61 Å². The van der Waals surface area contributed by atoms with Crippen molar-refractivity contribution in [2.24, 2.45) is 0 Å². The minimum Gasteiger partial charge on any atom is -0.479 e. The Bertz CT molecular complexity index is 1250. The van der Waals surface area contributed by atoms with E-state index in [4.69, 9.17) is 32.7 Å². The molecule has 0 unspecified atom stereocenters. The van der Waals surface area contributed by atoms with Gasteiger partial charge in [0.25, 0.3) is 0 Å². The number of methoxy groups -OCH3 is 2. The third kappa shape index (κ3) is 3.36. The highest BCUT2D eigenvalue weighted by Gasteiger charge is 2.24. The standard InChI is InChI=1S/C19H14Cl2N6O3/c1-29-9-14-25-26-18(10-4-3-5-22-7-10)27(14)17-15(21)11(20)6-12-16(17)24-19(30-2)13(8-28)23-12/h3-8H,9H2,1-2H3. The first-order chi connectivity index (χ1) is 14.6. The summed E-state index contributed by atoms with van der Waals surface area (Å²) in [6.45, 7) is 0.147. The maximum absolute atomic E-state index is 11.4. The predicted octanol–water partition coefficient (Wildman–Crippen LogP) is 3.55. The Morgan fingerprint density at radius 1 is 1.20 bits per heavy atom. The van der Waals surface area contributed by atoms with Gasteiger partial charge in [0.1, 0.15) is 12.1 Å². The number of carbonyl (C=O) groups is 1. The van der Waals surface area contributed by atoms with E-state index in [2.05, 4.69) is 25.1 Å². The summed E-state index contributed by atoms with van der Waals surface area (Å²) in [5.74, 6) is 0.976. The lowest BCUT2D eigenvalue weighted by Crippen LogP contribution is -2.08. The largest absolute Gasteiger partial charge is 0.479 e. The number of pyridine rings is 1. The van der Waals surface area contributed by atoms with Crippen LogP contribution in [0.2, 0.25) is 10.0 Å². The van der Waals surface area contributed by atoms with Gasteiger partial charge >= 0.3 is 0 Å². The summed E-state index contributed by atoms with van der Waals surface area (Å²) in [7, 11) is 2.94. The van der Waals surface area contributed by atoms with E-state index < -0.39 is 0 Å². The summed E-state index contributed by atoms with van der Waals surface area (Å²) in [4.78, 5) is 24.3. The third-order valence-electron chi connectivity index (χ3n) is 4.27. The number of aldehydes is 1. The number of halogens is 2. The molecule has 11 heteroatoms. The number of carbonyl (C=O) groups excluding carboxylic acids is 1. The van der Waals surface area contributed by atoms with E-state index in [0.29, 0.717) is 40.2 Å². The number of aromatic nitrogens is 6. The summed E-state index contributed by atoms with van der Waals surface area (Å²) in [5, 5.41) is 8.96. The highest BCUT2D eigenvalue weighted by Crippen LogP contribution is 2.38. The molecule has 0 aliphatic rings. The predicted molar refractivity (Wildman–Crippen MR) is 110 cm³/mol. The molecule has 4 rings (SSSR count). The van der Waals surface area contributed by atoms with Crippen LogP contribution in [0.1, 0.15) is 16.3 Å². The van der Waals surface area contributed by atoms with E-state index in [9.17, 15) is 4.79 Å². The topological polar surface area (TPSA) is 105 Å². The summed E-state index contributed by atoms with van der Waals surface area (Å²) >= 11 is 13.0. The average Bonchev–Trinajstić information content (AvgIpc) is 3.18. The van der Waals surface area contributed by atoms with Crippen molar-refractivity contribution in [1.82, 2.24) is 29.7 Å². The summed E-state index contributed by atoms with van der Waals surface area (Å²) in [5.41, 5.74) is 1.84. The van der Waals surface area contributed by atoms with Gasteiger partial charge in [0, 0.05) is 25.1 Å². The second-order valence-corrected chi connectivity index (χ2v) is 6.86. The van der Waals surface area contributed by atoms with Crippen LogP contribution in [0, 0.1) is 0 Å². The Morgan fingerprint density at radius 2 is 2.03 bits per heavy atom. The Labute approximate surface area is 180 Å². The zero-order valence-corrected chi connectivity index (χ0v) is 17.3. The minimum atomic E-state index is 0.0442. The Hall–Kier alpha value is -3.14. The van der Waals surface area contributed by atoms with Crippen LogP contribution in [0.3, 0.4) is 0 Å². The number of hydrogen-bond donors (Lipinski definition) is 0. The molecule has 0 atom stereocenters. The zero-order valence-electron chi connectivity index (χ0n) is 15.8. The average molecular weight is 445 g/mol. The molecule has 0 aliphatic heterocycles. The van der Waals surface area contributed by atoms with Crippen LogP contribution in [-0.2, 0) is 11.3 Å². The molecular weight excluding hydrogens is 431 g/mol. The second-order valence-electron chi connectivity index (χ2n) is 6.07. The molecule has 0 amide bonds. The van der Waals surface area contributed by atoms with Crippen LogP contribution in [0.5, 0.6) is 5.88 Å². The van der Waals surface area contributed by atoms with Crippen molar-refractivity contribution in [3.05, 3.63) is 52.2 Å². The first kappa shape index (κ1) is 20.1. The van der Waals surface area contributed by atoms with Crippen LogP contribution in [0.4, 0.5) is 0 Å². The minimum absolute atomic E-state index is 0.0442. The number of rotatable bonds is 6. The van der Waals surface area contributed by atoms with Gasteiger partial charge in [-0.05, 0) is 18.2 Å². The molecule has 152 valence electrons. The smallest absolute Gasteiger partial charge is 0.243 e. The van der Waals surface area contributed by atoms with Gasteiger partial charge in [-0.15, -0.1) is 10.2 Å². The van der Waals surface area contributed by atoms with Crippen molar-refractivity contribution >= 4 is 40.5 Å². The highest BCUT2D eigenvalue weighted by molar-refractivity contribution is 6.44. The molecule has 0 radical (unpaired) electrons. The van der Waals surface area contributed by atoms with Gasteiger partial charge < -0.3 is 9.47 Å². The van der Waals surface area contributed by atoms with E-state index in [1.54, 1.807) is 30.1 Å². The molecule has 30 heavy (non-hydrogen) atoms. The fraction of sp³-hybridized carbons (Fsp3) is 0.158. The van der Waals surface area contributed by atoms with E-state index in [-0.39, 0.29) is 28.2 Å².